The van der Waals surface area contributed by atoms with Gasteiger partial charge in [-0.1, -0.05) is 6.92 Å². The summed E-state index contributed by atoms with van der Waals surface area (Å²) in [5.41, 5.74) is 1.05. The fraction of sp³-hybridized carbons (Fsp3) is 0.700. The van der Waals surface area contributed by atoms with E-state index >= 15 is 0 Å². The number of hydrogen-bond acceptors (Lipinski definition) is 3. The Morgan fingerprint density at radius 2 is 2.29 bits per heavy atom. The van der Waals surface area contributed by atoms with Crippen LogP contribution in [-0.4, -0.2) is 27.8 Å². The molecular weight excluding hydrogens is 178 g/mol. The Hall–Kier alpha value is -0.870. The molecule has 4 nitrogen and oxygen atoms in total. The summed E-state index contributed by atoms with van der Waals surface area (Å²) in [6.45, 7) is 7.18. The van der Waals surface area contributed by atoms with Crippen LogP contribution in [0, 0.1) is 0 Å². The third-order valence-corrected chi connectivity index (χ3v) is 2.24. The zero-order valence-electron chi connectivity index (χ0n) is 9.07. The van der Waals surface area contributed by atoms with Crippen LogP contribution < -0.4 is 5.32 Å². The van der Waals surface area contributed by atoms with Crippen LogP contribution in [0.3, 0.4) is 0 Å². The minimum atomic E-state index is -0.00935. The number of nitrogens with one attached hydrogen (secondary N) is 1. The van der Waals surface area contributed by atoms with Crippen molar-refractivity contribution < 1.29 is 5.11 Å². The maximum Gasteiger partial charge on any atom is 0.0951 e. The Morgan fingerprint density at radius 3 is 2.79 bits per heavy atom. The van der Waals surface area contributed by atoms with Gasteiger partial charge in [-0.15, -0.1) is 0 Å². The molecule has 1 aromatic rings. The average Bonchev–Trinajstić information content (AvgIpc) is 2.62. The number of imidazole rings is 1. The molecule has 4 heteroatoms. The van der Waals surface area contributed by atoms with E-state index in [4.69, 9.17) is 0 Å². The molecule has 14 heavy (non-hydrogen) atoms. The molecule has 0 saturated heterocycles. The molecule has 0 aliphatic heterocycles. The lowest BCUT2D eigenvalue weighted by Crippen LogP contribution is -2.26. The molecule has 1 atom stereocenters. The summed E-state index contributed by atoms with van der Waals surface area (Å²) in [5, 5.41) is 12.5. The van der Waals surface area contributed by atoms with E-state index in [1.165, 1.54) is 0 Å². The maximum absolute atomic E-state index is 9.23. The largest absolute Gasteiger partial charge is 0.394 e. The van der Waals surface area contributed by atoms with Gasteiger partial charge in [0.2, 0.25) is 0 Å². The first-order valence-electron chi connectivity index (χ1n) is 5.06. The molecule has 0 saturated carbocycles. The molecule has 0 bridgehead atoms. The maximum atomic E-state index is 9.23. The number of aliphatic hydroxyl groups is 1. The quantitative estimate of drug-likeness (QED) is 0.743. The average molecular weight is 197 g/mol. The van der Waals surface area contributed by atoms with E-state index in [1.54, 1.807) is 6.33 Å². The third-order valence-electron chi connectivity index (χ3n) is 2.24. The van der Waals surface area contributed by atoms with E-state index in [0.29, 0.717) is 6.04 Å². The van der Waals surface area contributed by atoms with Crippen molar-refractivity contribution in [3.05, 3.63) is 18.2 Å². The van der Waals surface area contributed by atoms with Crippen LogP contribution in [0.4, 0.5) is 0 Å². The van der Waals surface area contributed by atoms with Crippen LogP contribution in [0.25, 0.3) is 0 Å². The molecule has 1 aromatic heterocycles. The van der Waals surface area contributed by atoms with Crippen LogP contribution in [0.1, 0.15) is 38.5 Å². The first-order chi connectivity index (χ1) is 6.70. The third kappa shape index (κ3) is 2.33. The second-order valence-electron chi connectivity index (χ2n) is 3.61. The lowest BCUT2D eigenvalue weighted by atomic mass is 10.2. The molecule has 0 amide bonds. The monoisotopic (exact) mass is 197 g/mol. The van der Waals surface area contributed by atoms with Crippen LogP contribution in [0.5, 0.6) is 0 Å². The highest BCUT2D eigenvalue weighted by molar-refractivity contribution is 5.06. The van der Waals surface area contributed by atoms with Gasteiger partial charge in [-0.2, -0.15) is 0 Å². The molecule has 0 aromatic carbocycles. The Labute approximate surface area is 85.0 Å². The van der Waals surface area contributed by atoms with E-state index in [0.717, 1.165) is 12.2 Å². The van der Waals surface area contributed by atoms with E-state index in [9.17, 15) is 5.11 Å². The predicted molar refractivity (Wildman–Crippen MR) is 56.1 cm³/mol. The van der Waals surface area contributed by atoms with Crippen molar-refractivity contribution in [3.8, 4) is 0 Å². The van der Waals surface area contributed by atoms with Crippen molar-refractivity contribution in [1.82, 2.24) is 14.9 Å². The van der Waals surface area contributed by atoms with Crippen molar-refractivity contribution >= 4 is 0 Å². The molecule has 0 aliphatic rings. The standard InChI is InChI=1S/C10H19N3O/c1-4-12-9(6-14)10-5-11-7-13(10)8(2)3/h5,7-9,12,14H,4,6H2,1-3H3. The second-order valence-corrected chi connectivity index (χ2v) is 3.61. The number of nitrogens with zero attached hydrogens (tertiary/aromatic N) is 2. The Kier molecular flexibility index (Phi) is 4.10. The molecule has 0 radical (unpaired) electrons. The number of likely N-dealkylation sites (N-methyl/N-ethyl adjacent to an activating group) is 1. The first-order valence-corrected chi connectivity index (χ1v) is 5.06. The van der Waals surface area contributed by atoms with Gasteiger partial charge in [0.1, 0.15) is 0 Å². The summed E-state index contributed by atoms with van der Waals surface area (Å²) >= 11 is 0. The van der Waals surface area contributed by atoms with Gasteiger partial charge in [0, 0.05) is 12.2 Å². The van der Waals surface area contributed by atoms with E-state index in [-0.39, 0.29) is 12.6 Å². The number of aliphatic hydroxyl groups excluding tert-OH is 1. The summed E-state index contributed by atoms with van der Waals surface area (Å²) in [6.07, 6.45) is 3.61. The zero-order chi connectivity index (χ0) is 10.6. The second kappa shape index (κ2) is 5.12. The highest BCUT2D eigenvalue weighted by Crippen LogP contribution is 2.16. The molecule has 1 unspecified atom stereocenters. The normalized spacial score (nSPS) is 13.5. The Bertz CT molecular complexity index is 270. The zero-order valence-corrected chi connectivity index (χ0v) is 9.07. The topological polar surface area (TPSA) is 50.1 Å². The highest BCUT2D eigenvalue weighted by atomic mass is 16.3. The SMILES string of the molecule is CCNC(CO)c1cncn1C(C)C. The van der Waals surface area contributed by atoms with Gasteiger partial charge in [-0.05, 0) is 20.4 Å². The molecule has 80 valence electrons. The number of aromatic nitrogens is 2. The Morgan fingerprint density at radius 1 is 1.57 bits per heavy atom. The van der Waals surface area contributed by atoms with Gasteiger partial charge in [0.05, 0.1) is 24.7 Å². The lowest BCUT2D eigenvalue weighted by molar-refractivity contribution is 0.239. The highest BCUT2D eigenvalue weighted by Gasteiger charge is 2.14. The van der Waals surface area contributed by atoms with Crippen molar-refractivity contribution in [3.63, 3.8) is 0 Å². The predicted octanol–water partition coefficient (Wildman–Crippen LogP) is 1.11. The minimum absolute atomic E-state index is 0.00935. The van der Waals surface area contributed by atoms with Crippen LogP contribution in [-0.2, 0) is 0 Å². The minimum Gasteiger partial charge on any atom is -0.394 e. The van der Waals surface area contributed by atoms with E-state index in [1.807, 2.05) is 13.1 Å². The molecule has 2 N–H and O–H groups in total. The lowest BCUT2D eigenvalue weighted by Gasteiger charge is -2.19. The van der Waals surface area contributed by atoms with Gasteiger partial charge >= 0.3 is 0 Å². The van der Waals surface area contributed by atoms with E-state index in [2.05, 4.69) is 28.7 Å². The fourth-order valence-electron chi connectivity index (χ4n) is 1.53. The Balaban J connectivity index is 2.86. The molecule has 0 fully saturated rings. The van der Waals surface area contributed by atoms with Crippen molar-refractivity contribution in [2.45, 2.75) is 32.9 Å². The van der Waals surface area contributed by atoms with Crippen molar-refractivity contribution in [1.29, 1.82) is 0 Å². The van der Waals surface area contributed by atoms with Crippen LogP contribution in [0.15, 0.2) is 12.5 Å². The van der Waals surface area contributed by atoms with Gasteiger partial charge in [-0.25, -0.2) is 4.98 Å². The summed E-state index contributed by atoms with van der Waals surface area (Å²) in [7, 11) is 0. The van der Waals surface area contributed by atoms with Crippen LogP contribution in [0.2, 0.25) is 0 Å². The smallest absolute Gasteiger partial charge is 0.0951 e. The molecule has 0 spiro atoms. The van der Waals surface area contributed by atoms with E-state index < -0.39 is 0 Å². The van der Waals surface area contributed by atoms with Crippen LogP contribution >= 0.6 is 0 Å². The summed E-state index contributed by atoms with van der Waals surface area (Å²) in [4.78, 5) is 4.11. The molecule has 1 rings (SSSR count). The molecule has 0 aliphatic carbocycles. The van der Waals surface area contributed by atoms with Crippen molar-refractivity contribution in [2.24, 2.45) is 0 Å². The van der Waals surface area contributed by atoms with Gasteiger partial charge in [-0.3, -0.25) is 0 Å². The first kappa shape index (κ1) is 11.2. The molecule has 1 heterocycles. The summed E-state index contributed by atoms with van der Waals surface area (Å²) in [5.74, 6) is 0. The van der Waals surface area contributed by atoms with Gasteiger partial charge < -0.3 is 15.0 Å². The molecular formula is C10H19N3O. The fourth-order valence-corrected chi connectivity index (χ4v) is 1.53. The summed E-state index contributed by atoms with van der Waals surface area (Å²) < 4.78 is 2.07. The number of rotatable bonds is 5. The van der Waals surface area contributed by atoms with Gasteiger partial charge in [0.25, 0.3) is 0 Å². The summed E-state index contributed by atoms with van der Waals surface area (Å²) in [6, 6.07) is 0.366. The number of hydrogen-bond donors (Lipinski definition) is 2. The van der Waals surface area contributed by atoms with Gasteiger partial charge in [0.15, 0.2) is 0 Å². The van der Waals surface area contributed by atoms with Crippen molar-refractivity contribution in [2.75, 3.05) is 13.2 Å².